The second kappa shape index (κ2) is 5.72. The van der Waals surface area contributed by atoms with E-state index in [1.807, 2.05) is 0 Å². The summed E-state index contributed by atoms with van der Waals surface area (Å²) in [6, 6.07) is 0. The molecule has 5 nitrogen and oxygen atoms in total. The van der Waals surface area contributed by atoms with E-state index in [1.165, 1.54) is 25.7 Å². The van der Waals surface area contributed by atoms with Crippen molar-refractivity contribution in [3.63, 3.8) is 0 Å². The lowest BCUT2D eigenvalue weighted by molar-refractivity contribution is -0.386. The second-order valence-corrected chi connectivity index (χ2v) is 6.68. The molecule has 0 saturated heterocycles. The maximum atomic E-state index is 11.1. The number of nitrogens with zero attached hydrogens (tertiary/aromatic N) is 2. The van der Waals surface area contributed by atoms with E-state index in [4.69, 9.17) is 0 Å². The lowest BCUT2D eigenvalue weighted by Gasteiger charge is -2.22. The molecule has 0 spiro atoms. The minimum absolute atomic E-state index is 0.210. The monoisotopic (exact) mass is 289 g/mol. The first-order valence-electron chi connectivity index (χ1n) is 7.86. The number of hydrogen-bond acceptors (Lipinski definition) is 4. The van der Waals surface area contributed by atoms with E-state index in [-0.39, 0.29) is 10.6 Å². The van der Waals surface area contributed by atoms with Gasteiger partial charge in [-0.15, -0.1) is 0 Å². The average Bonchev–Trinajstić information content (AvgIpc) is 3.03. The van der Waals surface area contributed by atoms with E-state index in [9.17, 15) is 10.1 Å². The van der Waals surface area contributed by atoms with Crippen molar-refractivity contribution in [1.29, 1.82) is 0 Å². The smallest absolute Gasteiger partial charge is 0.278 e. The number of aryl methyl sites for hydroxylation is 1. The Morgan fingerprint density at radius 3 is 2.81 bits per heavy atom. The Kier molecular flexibility index (Phi) is 3.93. The van der Waals surface area contributed by atoms with E-state index < -0.39 is 0 Å². The fraction of sp³-hybridized carbons (Fsp3) is 0.688. The number of aromatic nitrogens is 1. The normalized spacial score (nSPS) is 27.2. The zero-order chi connectivity index (χ0) is 15.0. The van der Waals surface area contributed by atoms with Crippen LogP contribution < -0.4 is 5.32 Å². The summed E-state index contributed by atoms with van der Waals surface area (Å²) in [5.41, 5.74) is 2.34. The van der Waals surface area contributed by atoms with Crippen molar-refractivity contribution in [2.45, 2.75) is 46.1 Å². The van der Waals surface area contributed by atoms with Crippen LogP contribution in [0.2, 0.25) is 0 Å². The summed E-state index contributed by atoms with van der Waals surface area (Å²) < 4.78 is 0. The summed E-state index contributed by atoms with van der Waals surface area (Å²) in [5.74, 6) is 2.66. The molecule has 0 radical (unpaired) electrons. The maximum Gasteiger partial charge on any atom is 0.278 e. The van der Waals surface area contributed by atoms with Gasteiger partial charge in [-0.25, -0.2) is 0 Å². The van der Waals surface area contributed by atoms with Crippen LogP contribution in [0.5, 0.6) is 0 Å². The minimum Gasteiger partial charge on any atom is -0.311 e. The molecule has 21 heavy (non-hydrogen) atoms. The Morgan fingerprint density at radius 2 is 2.19 bits per heavy atom. The van der Waals surface area contributed by atoms with Gasteiger partial charge in [0.05, 0.1) is 10.6 Å². The minimum atomic E-state index is -0.300. The van der Waals surface area contributed by atoms with Crippen molar-refractivity contribution < 1.29 is 4.92 Å². The molecule has 114 valence electrons. The topological polar surface area (TPSA) is 68.1 Å². The molecule has 2 aliphatic carbocycles. The van der Waals surface area contributed by atoms with Crippen LogP contribution in [0.3, 0.4) is 0 Å². The van der Waals surface area contributed by atoms with Gasteiger partial charge in [0.15, 0.2) is 0 Å². The predicted molar refractivity (Wildman–Crippen MR) is 81.0 cm³/mol. The van der Waals surface area contributed by atoms with Gasteiger partial charge < -0.3 is 5.32 Å². The number of pyridine rings is 1. The van der Waals surface area contributed by atoms with E-state index in [0.717, 1.165) is 30.0 Å². The number of nitro groups is 1. The third-order valence-corrected chi connectivity index (χ3v) is 5.34. The SMILES string of the molecule is Cc1cnc(CNCC2CC3CCC2C3)c(C)c1[N+](=O)[O-]. The molecule has 1 aromatic heterocycles. The molecule has 3 unspecified atom stereocenters. The van der Waals surface area contributed by atoms with Crippen LogP contribution >= 0.6 is 0 Å². The molecule has 1 heterocycles. The van der Waals surface area contributed by atoms with Crippen LogP contribution in [-0.4, -0.2) is 16.5 Å². The van der Waals surface area contributed by atoms with E-state index in [1.54, 1.807) is 20.0 Å². The highest BCUT2D eigenvalue weighted by molar-refractivity contribution is 5.47. The quantitative estimate of drug-likeness (QED) is 0.668. The predicted octanol–water partition coefficient (Wildman–Crippen LogP) is 3.13. The summed E-state index contributed by atoms with van der Waals surface area (Å²) in [5, 5.41) is 14.6. The summed E-state index contributed by atoms with van der Waals surface area (Å²) in [6.45, 7) is 5.18. The molecular weight excluding hydrogens is 266 g/mol. The highest BCUT2D eigenvalue weighted by Gasteiger charge is 2.38. The second-order valence-electron chi connectivity index (χ2n) is 6.68. The lowest BCUT2D eigenvalue weighted by atomic mass is 9.89. The Hall–Kier alpha value is -1.49. The van der Waals surface area contributed by atoms with E-state index in [0.29, 0.717) is 17.7 Å². The van der Waals surface area contributed by atoms with Crippen LogP contribution in [-0.2, 0) is 6.54 Å². The van der Waals surface area contributed by atoms with E-state index in [2.05, 4.69) is 10.3 Å². The van der Waals surface area contributed by atoms with Crippen LogP contribution in [0.4, 0.5) is 5.69 Å². The molecule has 1 N–H and O–H groups in total. The van der Waals surface area contributed by atoms with Gasteiger partial charge in [0.25, 0.3) is 5.69 Å². The van der Waals surface area contributed by atoms with Crippen LogP contribution in [0.15, 0.2) is 6.20 Å². The van der Waals surface area contributed by atoms with Crippen LogP contribution in [0.25, 0.3) is 0 Å². The van der Waals surface area contributed by atoms with Gasteiger partial charge in [0.1, 0.15) is 0 Å². The fourth-order valence-corrected chi connectivity index (χ4v) is 4.23. The molecule has 2 bridgehead atoms. The fourth-order valence-electron chi connectivity index (χ4n) is 4.23. The number of nitrogens with one attached hydrogen (secondary N) is 1. The van der Waals surface area contributed by atoms with Crippen molar-refractivity contribution in [1.82, 2.24) is 10.3 Å². The highest BCUT2D eigenvalue weighted by Crippen LogP contribution is 2.47. The molecule has 2 aliphatic rings. The Bertz CT molecular complexity index is 559. The third kappa shape index (κ3) is 2.79. The molecule has 3 rings (SSSR count). The molecule has 0 amide bonds. The Labute approximate surface area is 125 Å². The first-order valence-corrected chi connectivity index (χ1v) is 7.86. The molecule has 1 aromatic rings. The van der Waals surface area contributed by atoms with Gasteiger partial charge in [-0.1, -0.05) is 6.42 Å². The molecule has 0 aromatic carbocycles. The standard InChI is InChI=1S/C16H23N3O2/c1-10-7-18-15(11(2)16(10)19(20)21)9-17-8-14-6-12-3-4-13(14)5-12/h7,12-14,17H,3-6,8-9H2,1-2H3. The van der Waals surface area contributed by atoms with Crippen molar-refractivity contribution in [2.75, 3.05) is 6.54 Å². The van der Waals surface area contributed by atoms with Gasteiger partial charge in [-0.3, -0.25) is 15.1 Å². The molecule has 2 fully saturated rings. The van der Waals surface area contributed by atoms with Gasteiger partial charge in [0, 0.05) is 23.9 Å². The zero-order valence-corrected chi connectivity index (χ0v) is 12.8. The van der Waals surface area contributed by atoms with Gasteiger partial charge in [0.2, 0.25) is 0 Å². The lowest BCUT2D eigenvalue weighted by Crippen LogP contribution is -2.26. The largest absolute Gasteiger partial charge is 0.311 e. The first-order chi connectivity index (χ1) is 10.1. The third-order valence-electron chi connectivity index (χ3n) is 5.34. The zero-order valence-electron chi connectivity index (χ0n) is 12.8. The summed E-state index contributed by atoms with van der Waals surface area (Å²) in [4.78, 5) is 15.2. The number of hydrogen-bond donors (Lipinski definition) is 1. The highest BCUT2D eigenvalue weighted by atomic mass is 16.6. The average molecular weight is 289 g/mol. The summed E-state index contributed by atoms with van der Waals surface area (Å²) >= 11 is 0. The summed E-state index contributed by atoms with van der Waals surface area (Å²) in [6.07, 6.45) is 7.20. The summed E-state index contributed by atoms with van der Waals surface area (Å²) in [7, 11) is 0. The van der Waals surface area contributed by atoms with E-state index >= 15 is 0 Å². The van der Waals surface area contributed by atoms with Crippen molar-refractivity contribution in [2.24, 2.45) is 17.8 Å². The molecule has 3 atom stereocenters. The number of rotatable bonds is 5. The first kappa shape index (κ1) is 14.4. The van der Waals surface area contributed by atoms with Crippen LogP contribution in [0, 0.1) is 41.7 Å². The Balaban J connectivity index is 1.60. The van der Waals surface area contributed by atoms with Crippen molar-refractivity contribution >= 4 is 5.69 Å². The Morgan fingerprint density at radius 1 is 1.38 bits per heavy atom. The van der Waals surface area contributed by atoms with Gasteiger partial charge in [-0.2, -0.15) is 0 Å². The van der Waals surface area contributed by atoms with Crippen LogP contribution in [0.1, 0.15) is 42.5 Å². The van der Waals surface area contributed by atoms with Crippen molar-refractivity contribution in [3.05, 3.63) is 33.1 Å². The number of fused-ring (bicyclic) bond motifs is 2. The molecular formula is C16H23N3O2. The van der Waals surface area contributed by atoms with Crippen molar-refractivity contribution in [3.8, 4) is 0 Å². The van der Waals surface area contributed by atoms with Gasteiger partial charge in [-0.05, 0) is 57.4 Å². The molecule has 5 heteroatoms. The molecule has 0 aliphatic heterocycles. The maximum absolute atomic E-state index is 11.1. The van der Waals surface area contributed by atoms with Gasteiger partial charge >= 0.3 is 0 Å². The molecule has 2 saturated carbocycles.